The fourth-order valence-electron chi connectivity index (χ4n) is 2.57. The molecule has 0 aromatic heterocycles. The molecule has 3 heteroatoms. The molecule has 1 aliphatic heterocycles. The highest BCUT2D eigenvalue weighted by Gasteiger charge is 2.29. The van der Waals surface area contributed by atoms with E-state index in [1.165, 1.54) is 5.56 Å². The first-order valence-corrected chi connectivity index (χ1v) is 6.99. The maximum atomic E-state index is 11.8. The van der Waals surface area contributed by atoms with Crippen molar-refractivity contribution in [2.75, 3.05) is 0 Å². The van der Waals surface area contributed by atoms with Crippen molar-refractivity contribution in [2.45, 2.75) is 26.2 Å². The van der Waals surface area contributed by atoms with Crippen LogP contribution in [-0.2, 0) is 4.79 Å². The molecular formula is C17H15ClO2. The molecular weight excluding hydrogens is 272 g/mol. The Labute approximate surface area is 123 Å². The van der Waals surface area contributed by atoms with Gasteiger partial charge >= 0.3 is 5.97 Å². The Hall–Kier alpha value is -1.80. The summed E-state index contributed by atoms with van der Waals surface area (Å²) in [5.74, 6) is 0.462. The van der Waals surface area contributed by atoms with Crippen LogP contribution in [0.15, 0.2) is 36.4 Å². The van der Waals surface area contributed by atoms with Gasteiger partial charge < -0.3 is 4.74 Å². The molecule has 1 atom stereocenters. The molecule has 20 heavy (non-hydrogen) atoms. The van der Waals surface area contributed by atoms with Crippen molar-refractivity contribution in [3.05, 3.63) is 63.7 Å². The van der Waals surface area contributed by atoms with Gasteiger partial charge in [0.15, 0.2) is 0 Å². The second kappa shape index (κ2) is 4.95. The maximum Gasteiger partial charge on any atom is 0.312 e. The zero-order valence-electron chi connectivity index (χ0n) is 11.4. The largest absolute Gasteiger partial charge is 0.426 e. The lowest BCUT2D eigenvalue weighted by Gasteiger charge is -2.25. The molecule has 0 aliphatic carbocycles. The monoisotopic (exact) mass is 286 g/mol. The summed E-state index contributed by atoms with van der Waals surface area (Å²) in [6.45, 7) is 3.96. The van der Waals surface area contributed by atoms with Crippen LogP contribution in [0.4, 0.5) is 0 Å². The van der Waals surface area contributed by atoms with Crippen molar-refractivity contribution in [1.82, 2.24) is 0 Å². The van der Waals surface area contributed by atoms with Crippen LogP contribution in [-0.4, -0.2) is 5.97 Å². The third-order valence-electron chi connectivity index (χ3n) is 3.74. The lowest BCUT2D eigenvalue weighted by atomic mass is 9.85. The Morgan fingerprint density at radius 3 is 2.55 bits per heavy atom. The Morgan fingerprint density at radius 2 is 1.85 bits per heavy atom. The summed E-state index contributed by atoms with van der Waals surface area (Å²) in [4.78, 5) is 11.8. The highest BCUT2D eigenvalue weighted by atomic mass is 35.5. The van der Waals surface area contributed by atoms with Crippen LogP contribution < -0.4 is 4.74 Å². The lowest BCUT2D eigenvalue weighted by molar-refractivity contribution is -0.135. The highest BCUT2D eigenvalue weighted by molar-refractivity contribution is 6.31. The number of rotatable bonds is 1. The summed E-state index contributed by atoms with van der Waals surface area (Å²) < 4.78 is 5.35. The van der Waals surface area contributed by atoms with Gasteiger partial charge in [-0.1, -0.05) is 41.4 Å². The van der Waals surface area contributed by atoms with Crippen LogP contribution >= 0.6 is 11.6 Å². The molecule has 0 radical (unpaired) electrons. The molecule has 0 spiro atoms. The van der Waals surface area contributed by atoms with Crippen molar-refractivity contribution in [1.29, 1.82) is 0 Å². The van der Waals surface area contributed by atoms with Crippen LogP contribution in [0.3, 0.4) is 0 Å². The molecule has 0 fully saturated rings. The fraction of sp³-hybridized carbons (Fsp3) is 0.235. The summed E-state index contributed by atoms with van der Waals surface area (Å²) in [5, 5.41) is 0.707. The van der Waals surface area contributed by atoms with E-state index in [0.717, 1.165) is 16.7 Å². The number of hydrogen-bond donors (Lipinski definition) is 0. The van der Waals surface area contributed by atoms with Gasteiger partial charge in [0.1, 0.15) is 5.75 Å². The van der Waals surface area contributed by atoms with Gasteiger partial charge in [0, 0.05) is 16.5 Å². The quantitative estimate of drug-likeness (QED) is 0.574. The van der Waals surface area contributed by atoms with Gasteiger partial charge in [-0.15, -0.1) is 0 Å². The predicted molar refractivity (Wildman–Crippen MR) is 79.5 cm³/mol. The number of esters is 1. The zero-order chi connectivity index (χ0) is 14.3. The first kappa shape index (κ1) is 13.2. The van der Waals surface area contributed by atoms with Gasteiger partial charge in [-0.2, -0.15) is 0 Å². The first-order valence-electron chi connectivity index (χ1n) is 6.62. The minimum atomic E-state index is -0.190. The second-order valence-corrected chi connectivity index (χ2v) is 5.69. The number of benzene rings is 2. The third kappa shape index (κ3) is 2.32. The van der Waals surface area contributed by atoms with Gasteiger partial charge in [-0.25, -0.2) is 0 Å². The SMILES string of the molecule is Cc1ccc([C@H]2CC(=O)Oc3cc(C)c(Cl)cc32)cc1. The van der Waals surface area contributed by atoms with E-state index in [1.807, 2.05) is 26.0 Å². The summed E-state index contributed by atoms with van der Waals surface area (Å²) in [6, 6.07) is 12.0. The summed E-state index contributed by atoms with van der Waals surface area (Å²) in [5.41, 5.74) is 4.23. The maximum absolute atomic E-state index is 11.8. The van der Waals surface area contributed by atoms with Crippen molar-refractivity contribution < 1.29 is 9.53 Å². The van der Waals surface area contributed by atoms with E-state index in [4.69, 9.17) is 16.3 Å². The molecule has 0 saturated carbocycles. The van der Waals surface area contributed by atoms with E-state index in [0.29, 0.717) is 17.2 Å². The number of halogens is 1. The molecule has 2 nitrogen and oxygen atoms in total. The standard InChI is InChI=1S/C17H15ClO2/c1-10-3-5-12(6-4-10)13-9-17(19)20-16-7-11(2)15(18)8-14(13)16/h3-8,13H,9H2,1-2H3/t13-/m1/s1. The molecule has 3 rings (SSSR count). The van der Waals surface area contributed by atoms with Gasteiger partial charge in [0.25, 0.3) is 0 Å². The van der Waals surface area contributed by atoms with Crippen LogP contribution in [0.1, 0.15) is 34.6 Å². The van der Waals surface area contributed by atoms with Crippen LogP contribution in [0.5, 0.6) is 5.75 Å². The Kier molecular flexibility index (Phi) is 3.27. The van der Waals surface area contributed by atoms with Gasteiger partial charge in [0.2, 0.25) is 0 Å². The molecule has 1 heterocycles. The van der Waals surface area contributed by atoms with E-state index >= 15 is 0 Å². The molecule has 0 N–H and O–H groups in total. The first-order chi connectivity index (χ1) is 9.54. The van der Waals surface area contributed by atoms with Gasteiger partial charge in [-0.05, 0) is 37.1 Å². The number of aryl methyl sites for hydroxylation is 2. The minimum absolute atomic E-state index is 0.0185. The van der Waals surface area contributed by atoms with Crippen LogP contribution in [0, 0.1) is 13.8 Å². The van der Waals surface area contributed by atoms with Crippen molar-refractivity contribution >= 4 is 17.6 Å². The topological polar surface area (TPSA) is 26.3 Å². The summed E-state index contributed by atoms with van der Waals surface area (Å²) >= 11 is 6.22. The lowest BCUT2D eigenvalue weighted by Crippen LogP contribution is -2.21. The van der Waals surface area contributed by atoms with E-state index in [-0.39, 0.29) is 11.9 Å². The molecule has 0 saturated heterocycles. The molecule has 102 valence electrons. The van der Waals surface area contributed by atoms with E-state index in [9.17, 15) is 4.79 Å². The van der Waals surface area contributed by atoms with Gasteiger partial charge in [-0.3, -0.25) is 4.79 Å². The molecule has 0 bridgehead atoms. The summed E-state index contributed by atoms with van der Waals surface area (Å²) in [6.07, 6.45) is 0.357. The van der Waals surface area contributed by atoms with Crippen molar-refractivity contribution in [3.8, 4) is 5.75 Å². The number of hydrogen-bond acceptors (Lipinski definition) is 2. The molecule has 0 amide bonds. The third-order valence-corrected chi connectivity index (χ3v) is 4.15. The number of carbonyl (C=O) groups excluding carboxylic acids is 1. The van der Waals surface area contributed by atoms with E-state index < -0.39 is 0 Å². The van der Waals surface area contributed by atoms with E-state index in [2.05, 4.69) is 24.3 Å². The van der Waals surface area contributed by atoms with Crippen LogP contribution in [0.2, 0.25) is 5.02 Å². The number of carbonyl (C=O) groups is 1. The summed E-state index contributed by atoms with van der Waals surface area (Å²) in [7, 11) is 0. The van der Waals surface area contributed by atoms with E-state index in [1.54, 1.807) is 0 Å². The fourth-order valence-corrected chi connectivity index (χ4v) is 2.74. The average Bonchev–Trinajstić information content (AvgIpc) is 2.41. The van der Waals surface area contributed by atoms with Gasteiger partial charge in [0.05, 0.1) is 6.42 Å². The highest BCUT2D eigenvalue weighted by Crippen LogP contribution is 2.41. The van der Waals surface area contributed by atoms with Crippen LogP contribution in [0.25, 0.3) is 0 Å². The average molecular weight is 287 g/mol. The van der Waals surface area contributed by atoms with Crippen molar-refractivity contribution in [2.24, 2.45) is 0 Å². The molecule has 1 aliphatic rings. The Bertz CT molecular complexity index is 674. The normalized spacial score (nSPS) is 17.6. The zero-order valence-corrected chi connectivity index (χ0v) is 12.2. The molecule has 2 aromatic rings. The Balaban J connectivity index is 2.12. The molecule has 0 unspecified atom stereocenters. The number of fused-ring (bicyclic) bond motifs is 1. The Morgan fingerprint density at radius 1 is 1.15 bits per heavy atom. The predicted octanol–water partition coefficient (Wildman–Crippen LogP) is 4.40. The number of ether oxygens (including phenoxy) is 1. The second-order valence-electron chi connectivity index (χ2n) is 5.28. The smallest absolute Gasteiger partial charge is 0.312 e. The molecule has 2 aromatic carbocycles. The minimum Gasteiger partial charge on any atom is -0.426 e. The van der Waals surface area contributed by atoms with Crippen molar-refractivity contribution in [3.63, 3.8) is 0 Å².